The molecule has 24 heavy (non-hydrogen) atoms. The van der Waals surface area contributed by atoms with E-state index in [0.717, 1.165) is 10.6 Å². The molecular formula is C17H20FN3O2S. The van der Waals surface area contributed by atoms with Crippen molar-refractivity contribution in [3.63, 3.8) is 0 Å². The molecule has 1 aliphatic heterocycles. The van der Waals surface area contributed by atoms with Crippen molar-refractivity contribution in [3.05, 3.63) is 51.7 Å². The van der Waals surface area contributed by atoms with Crippen LogP contribution in [0.3, 0.4) is 0 Å². The van der Waals surface area contributed by atoms with Gasteiger partial charge in [-0.05, 0) is 31.2 Å². The van der Waals surface area contributed by atoms with Gasteiger partial charge in [0.2, 0.25) is 0 Å². The molecule has 0 radical (unpaired) electrons. The highest BCUT2D eigenvalue weighted by atomic mass is 32.1. The van der Waals surface area contributed by atoms with E-state index in [2.05, 4.69) is 4.98 Å². The molecule has 2 unspecified atom stereocenters. The molecule has 7 heteroatoms. The zero-order valence-corrected chi connectivity index (χ0v) is 14.3. The molecule has 1 aliphatic rings. The van der Waals surface area contributed by atoms with Crippen LogP contribution in [0.15, 0.2) is 29.6 Å². The van der Waals surface area contributed by atoms with Crippen LogP contribution in [0.1, 0.15) is 34.1 Å². The van der Waals surface area contributed by atoms with Crippen molar-refractivity contribution in [1.82, 2.24) is 9.88 Å². The average molecular weight is 349 g/mol. The van der Waals surface area contributed by atoms with Crippen molar-refractivity contribution >= 4 is 17.2 Å². The fourth-order valence-corrected chi connectivity index (χ4v) is 3.58. The first-order valence-electron chi connectivity index (χ1n) is 7.91. The van der Waals surface area contributed by atoms with E-state index in [-0.39, 0.29) is 23.9 Å². The van der Waals surface area contributed by atoms with Gasteiger partial charge < -0.3 is 15.4 Å². The molecule has 0 aliphatic carbocycles. The van der Waals surface area contributed by atoms with Gasteiger partial charge in [0.15, 0.2) is 0 Å². The predicted molar refractivity (Wildman–Crippen MR) is 90.5 cm³/mol. The molecule has 5 nitrogen and oxygen atoms in total. The molecule has 2 heterocycles. The van der Waals surface area contributed by atoms with E-state index in [4.69, 9.17) is 10.5 Å². The second-order valence-electron chi connectivity index (χ2n) is 5.86. The van der Waals surface area contributed by atoms with E-state index >= 15 is 0 Å². The smallest absolute Gasteiger partial charge is 0.273 e. The lowest BCUT2D eigenvalue weighted by Crippen LogP contribution is -2.46. The Morgan fingerprint density at radius 2 is 2.17 bits per heavy atom. The molecule has 1 fully saturated rings. The Hall–Kier alpha value is -1.83. The second-order valence-corrected chi connectivity index (χ2v) is 6.80. The third-order valence-corrected chi connectivity index (χ3v) is 4.83. The quantitative estimate of drug-likeness (QED) is 0.920. The largest absolute Gasteiger partial charge is 0.367 e. The summed E-state index contributed by atoms with van der Waals surface area (Å²) in [6.45, 7) is 3.39. The standard InChI is InChI=1S/C17H20FN3O2S/c1-11-8-21(17(22)14-10-24-16(20-14)6-7-19)9-15(23-11)12-2-4-13(18)5-3-12/h2-5,10-11,15H,6-9,19H2,1H3. The van der Waals surface area contributed by atoms with Gasteiger partial charge in [0.05, 0.1) is 17.7 Å². The summed E-state index contributed by atoms with van der Waals surface area (Å²) in [6, 6.07) is 6.21. The van der Waals surface area contributed by atoms with E-state index in [1.54, 1.807) is 22.4 Å². The Balaban J connectivity index is 1.74. The lowest BCUT2D eigenvalue weighted by Gasteiger charge is -2.36. The molecule has 1 aromatic carbocycles. The monoisotopic (exact) mass is 349 g/mol. The fourth-order valence-electron chi connectivity index (χ4n) is 2.79. The van der Waals surface area contributed by atoms with Crippen molar-refractivity contribution in [2.24, 2.45) is 5.73 Å². The third-order valence-electron chi connectivity index (χ3n) is 3.92. The molecule has 2 atom stereocenters. The molecule has 3 rings (SSSR count). The number of rotatable bonds is 4. The summed E-state index contributed by atoms with van der Waals surface area (Å²) in [6.07, 6.45) is 0.315. The molecule has 2 N–H and O–H groups in total. The number of hydrogen-bond acceptors (Lipinski definition) is 5. The van der Waals surface area contributed by atoms with Gasteiger partial charge in [0.25, 0.3) is 5.91 Å². The number of amides is 1. The minimum atomic E-state index is -0.287. The maximum absolute atomic E-state index is 13.1. The zero-order valence-electron chi connectivity index (χ0n) is 13.4. The molecule has 1 aromatic heterocycles. The van der Waals surface area contributed by atoms with Gasteiger partial charge in [0.1, 0.15) is 17.6 Å². The van der Waals surface area contributed by atoms with Crippen LogP contribution >= 0.6 is 11.3 Å². The molecule has 2 aromatic rings. The highest BCUT2D eigenvalue weighted by Crippen LogP contribution is 2.26. The minimum Gasteiger partial charge on any atom is -0.367 e. The van der Waals surface area contributed by atoms with Gasteiger partial charge in [-0.1, -0.05) is 12.1 Å². The summed E-state index contributed by atoms with van der Waals surface area (Å²) in [7, 11) is 0. The van der Waals surface area contributed by atoms with Gasteiger partial charge >= 0.3 is 0 Å². The van der Waals surface area contributed by atoms with Crippen molar-refractivity contribution < 1.29 is 13.9 Å². The summed E-state index contributed by atoms with van der Waals surface area (Å²) < 4.78 is 19.0. The molecule has 128 valence electrons. The molecule has 1 amide bonds. The van der Waals surface area contributed by atoms with Crippen LogP contribution in [0.2, 0.25) is 0 Å². The highest BCUT2D eigenvalue weighted by Gasteiger charge is 2.30. The average Bonchev–Trinajstić information content (AvgIpc) is 3.03. The first-order chi connectivity index (χ1) is 11.6. The molecule has 0 spiro atoms. The minimum absolute atomic E-state index is 0.0973. The molecule has 0 saturated carbocycles. The number of carbonyl (C=O) groups excluding carboxylic acids is 1. The Bertz CT molecular complexity index is 704. The van der Waals surface area contributed by atoms with Crippen molar-refractivity contribution in [2.75, 3.05) is 19.6 Å². The Kier molecular flexibility index (Phi) is 5.23. The molecule has 0 bridgehead atoms. The van der Waals surface area contributed by atoms with E-state index in [1.165, 1.54) is 23.5 Å². The van der Waals surface area contributed by atoms with E-state index in [9.17, 15) is 9.18 Å². The van der Waals surface area contributed by atoms with E-state index in [0.29, 0.717) is 31.7 Å². The van der Waals surface area contributed by atoms with Gasteiger partial charge in [0, 0.05) is 18.3 Å². The Morgan fingerprint density at radius 3 is 2.88 bits per heavy atom. The number of nitrogens with zero attached hydrogens (tertiary/aromatic N) is 2. The second kappa shape index (κ2) is 7.38. The van der Waals surface area contributed by atoms with Crippen LogP contribution in [-0.4, -0.2) is 41.5 Å². The molecular weight excluding hydrogens is 329 g/mol. The van der Waals surface area contributed by atoms with Gasteiger partial charge in [-0.15, -0.1) is 11.3 Å². The number of aromatic nitrogens is 1. The van der Waals surface area contributed by atoms with Crippen LogP contribution in [0, 0.1) is 5.82 Å². The van der Waals surface area contributed by atoms with Gasteiger partial charge in [-0.3, -0.25) is 4.79 Å². The van der Waals surface area contributed by atoms with Crippen molar-refractivity contribution in [3.8, 4) is 0 Å². The SMILES string of the molecule is CC1CN(C(=O)c2csc(CCN)n2)CC(c2ccc(F)cc2)O1. The molecule has 1 saturated heterocycles. The van der Waals surface area contributed by atoms with Crippen molar-refractivity contribution in [2.45, 2.75) is 25.6 Å². The number of thiazole rings is 1. The lowest BCUT2D eigenvalue weighted by molar-refractivity contribution is -0.0693. The van der Waals surface area contributed by atoms with Gasteiger partial charge in [-0.2, -0.15) is 0 Å². The third kappa shape index (κ3) is 3.80. The number of halogens is 1. The first kappa shape index (κ1) is 17.0. The predicted octanol–water partition coefficient (Wildman–Crippen LogP) is 2.39. The van der Waals surface area contributed by atoms with Crippen LogP contribution in [0.5, 0.6) is 0 Å². The van der Waals surface area contributed by atoms with Crippen LogP contribution < -0.4 is 5.73 Å². The Labute approximate surface area is 144 Å². The zero-order chi connectivity index (χ0) is 17.1. The number of hydrogen-bond donors (Lipinski definition) is 1. The van der Waals surface area contributed by atoms with Crippen molar-refractivity contribution in [1.29, 1.82) is 0 Å². The summed E-state index contributed by atoms with van der Waals surface area (Å²) in [5.74, 6) is -0.387. The maximum atomic E-state index is 13.1. The normalized spacial score (nSPS) is 21.0. The summed E-state index contributed by atoms with van der Waals surface area (Å²) in [5.41, 5.74) is 6.85. The topological polar surface area (TPSA) is 68.5 Å². The summed E-state index contributed by atoms with van der Waals surface area (Å²) in [5, 5.41) is 2.65. The van der Waals surface area contributed by atoms with Crippen LogP contribution in [0.25, 0.3) is 0 Å². The van der Waals surface area contributed by atoms with Crippen LogP contribution in [0.4, 0.5) is 4.39 Å². The summed E-state index contributed by atoms with van der Waals surface area (Å²) in [4.78, 5) is 18.8. The maximum Gasteiger partial charge on any atom is 0.273 e. The van der Waals surface area contributed by atoms with Crippen LogP contribution in [-0.2, 0) is 11.2 Å². The van der Waals surface area contributed by atoms with E-state index < -0.39 is 0 Å². The number of benzene rings is 1. The number of ether oxygens (including phenoxy) is 1. The lowest BCUT2D eigenvalue weighted by atomic mass is 10.1. The Morgan fingerprint density at radius 1 is 1.42 bits per heavy atom. The number of carbonyl (C=O) groups is 1. The number of morpholine rings is 1. The van der Waals surface area contributed by atoms with Gasteiger partial charge in [-0.25, -0.2) is 9.37 Å². The number of nitrogens with two attached hydrogens (primary N) is 1. The van der Waals surface area contributed by atoms with E-state index in [1.807, 2.05) is 6.92 Å². The summed E-state index contributed by atoms with van der Waals surface area (Å²) >= 11 is 1.45. The fraction of sp³-hybridized carbons (Fsp3) is 0.412. The highest BCUT2D eigenvalue weighted by molar-refractivity contribution is 7.09. The first-order valence-corrected chi connectivity index (χ1v) is 8.79.